The molecule has 0 unspecified atom stereocenters. The molecule has 3 amide bonds. The number of amides is 3. The summed E-state index contributed by atoms with van der Waals surface area (Å²) >= 11 is 0. The summed E-state index contributed by atoms with van der Waals surface area (Å²) in [6.07, 6.45) is -0.331. The normalized spacial score (nSPS) is 29.0. The number of nitrogens with zero attached hydrogens (tertiary/aromatic N) is 4. The van der Waals surface area contributed by atoms with Crippen molar-refractivity contribution in [2.24, 2.45) is 0 Å². The molecule has 3 aliphatic heterocycles. The Bertz CT molecular complexity index is 531. The van der Waals surface area contributed by atoms with E-state index in [4.69, 9.17) is 4.74 Å². The lowest BCUT2D eigenvalue weighted by atomic mass is 10.1. The third-order valence-corrected chi connectivity index (χ3v) is 4.77. The third-order valence-electron chi connectivity index (χ3n) is 4.77. The number of morpholine rings is 1. The first kappa shape index (κ1) is 16.0. The van der Waals surface area contributed by atoms with Gasteiger partial charge in [0, 0.05) is 33.7 Å². The third kappa shape index (κ3) is 2.86. The molecule has 0 aromatic heterocycles. The maximum Gasteiger partial charge on any atom is 0.348 e. The molecule has 2 fully saturated rings. The molecule has 0 spiro atoms. The van der Waals surface area contributed by atoms with Crippen LogP contribution < -0.4 is 10.6 Å². The number of likely N-dealkylation sites (N-methyl/N-ethyl adjacent to an activating group) is 3. The second-order valence-electron chi connectivity index (χ2n) is 6.17. The minimum atomic E-state index is -0.395. The number of hydrogen-bond donors (Lipinski definition) is 2. The zero-order valence-corrected chi connectivity index (χ0v) is 13.9. The van der Waals surface area contributed by atoms with Crippen LogP contribution in [0.5, 0.6) is 0 Å². The first-order valence-corrected chi connectivity index (χ1v) is 7.95. The average molecular weight is 325 g/mol. The Morgan fingerprint density at radius 3 is 2.70 bits per heavy atom. The summed E-state index contributed by atoms with van der Waals surface area (Å²) in [6.45, 7) is 5.16. The number of hydrogen-bond acceptors (Lipinski definition) is 6. The van der Waals surface area contributed by atoms with Crippen LogP contribution in [0.25, 0.3) is 0 Å². The average Bonchev–Trinajstić information content (AvgIpc) is 2.89. The molecule has 0 aliphatic carbocycles. The van der Waals surface area contributed by atoms with Gasteiger partial charge in [-0.05, 0) is 0 Å². The van der Waals surface area contributed by atoms with Gasteiger partial charge in [0.1, 0.15) is 0 Å². The Kier molecular flexibility index (Phi) is 4.40. The standard InChI is InChI=1S/C14H24N6O3/c1-17-10-11(18(2)14(22)19(3)12(10)21)16-13(17)15-4-5-20-6-8-23-9-7-20/h10-11H,4-9H2,1-3H3,(H,15,16)/p+1/t10-,11+/m1/s1. The minimum Gasteiger partial charge on any atom is -0.379 e. The Hall–Kier alpha value is -1.87. The predicted molar refractivity (Wildman–Crippen MR) is 83.1 cm³/mol. The van der Waals surface area contributed by atoms with Gasteiger partial charge in [0.25, 0.3) is 5.91 Å². The van der Waals surface area contributed by atoms with Gasteiger partial charge in [0.15, 0.2) is 6.17 Å². The van der Waals surface area contributed by atoms with Crippen LogP contribution in [0.4, 0.5) is 4.79 Å². The van der Waals surface area contributed by atoms with Gasteiger partial charge >= 0.3 is 12.0 Å². The van der Waals surface area contributed by atoms with E-state index in [1.807, 2.05) is 11.6 Å². The smallest absolute Gasteiger partial charge is 0.348 e. The van der Waals surface area contributed by atoms with Crippen molar-refractivity contribution in [3.8, 4) is 0 Å². The van der Waals surface area contributed by atoms with Gasteiger partial charge in [-0.1, -0.05) is 0 Å². The highest BCUT2D eigenvalue weighted by Gasteiger charge is 2.52. The number of imide groups is 1. The molecule has 9 heteroatoms. The second kappa shape index (κ2) is 6.32. The maximum absolute atomic E-state index is 12.4. The number of carbonyl (C=O) groups is 2. The molecule has 3 rings (SSSR count). The van der Waals surface area contributed by atoms with E-state index in [0.29, 0.717) is 0 Å². The Morgan fingerprint density at radius 2 is 2.00 bits per heavy atom. The molecule has 3 heterocycles. The van der Waals surface area contributed by atoms with E-state index < -0.39 is 6.04 Å². The first-order valence-electron chi connectivity index (χ1n) is 7.95. The molecule has 3 aliphatic rings. The van der Waals surface area contributed by atoms with Crippen LogP contribution in [0.15, 0.2) is 0 Å². The van der Waals surface area contributed by atoms with E-state index in [2.05, 4.69) is 15.5 Å². The van der Waals surface area contributed by atoms with Crippen LogP contribution in [-0.2, 0) is 9.53 Å². The lowest BCUT2D eigenvalue weighted by Gasteiger charge is -2.35. The zero-order valence-electron chi connectivity index (χ0n) is 13.9. The fourth-order valence-electron chi connectivity index (χ4n) is 3.26. The Labute approximate surface area is 135 Å². The summed E-state index contributed by atoms with van der Waals surface area (Å²) in [5.41, 5.74) is 0. The highest BCUT2D eigenvalue weighted by molar-refractivity contribution is 6.01. The number of urea groups is 1. The number of rotatable bonds is 3. The summed E-state index contributed by atoms with van der Waals surface area (Å²) in [5.74, 6) is 0.606. The molecule has 2 atom stereocenters. The molecule has 0 saturated carbocycles. The highest BCUT2D eigenvalue weighted by atomic mass is 16.5. The molecule has 9 nitrogen and oxygen atoms in total. The second-order valence-corrected chi connectivity index (χ2v) is 6.17. The van der Waals surface area contributed by atoms with Gasteiger partial charge in [0.2, 0.25) is 6.04 Å². The van der Waals surface area contributed by atoms with E-state index in [9.17, 15) is 9.59 Å². The lowest BCUT2D eigenvalue weighted by Crippen LogP contribution is -2.65. The minimum absolute atomic E-state index is 0.182. The summed E-state index contributed by atoms with van der Waals surface area (Å²) in [6, 6.07) is -0.680. The van der Waals surface area contributed by atoms with Gasteiger partial charge in [0.05, 0.1) is 26.8 Å². The molecule has 0 radical (unpaired) electrons. The van der Waals surface area contributed by atoms with E-state index in [0.717, 1.165) is 45.4 Å². The van der Waals surface area contributed by atoms with Crippen molar-refractivity contribution in [1.29, 1.82) is 0 Å². The first-order chi connectivity index (χ1) is 11.0. The van der Waals surface area contributed by atoms with Crippen molar-refractivity contribution >= 4 is 17.9 Å². The number of guanidine groups is 1. The summed E-state index contributed by atoms with van der Waals surface area (Å²) in [4.78, 5) is 29.5. The number of fused-ring (bicyclic) bond motifs is 1. The Morgan fingerprint density at radius 1 is 1.30 bits per heavy atom. The molecular formula is C14H25N6O3+. The molecule has 0 aromatic carbocycles. The van der Waals surface area contributed by atoms with E-state index >= 15 is 0 Å². The number of carbonyl (C=O) groups excluding carboxylic acids is 2. The van der Waals surface area contributed by atoms with Gasteiger partial charge < -0.3 is 4.74 Å². The number of ether oxygens (including phenoxy) is 1. The highest BCUT2D eigenvalue weighted by Crippen LogP contribution is 2.18. The van der Waals surface area contributed by atoms with E-state index in [1.54, 1.807) is 11.9 Å². The van der Waals surface area contributed by atoms with Gasteiger partial charge in [-0.25, -0.2) is 4.79 Å². The van der Waals surface area contributed by atoms with Gasteiger partial charge in [-0.15, -0.1) is 0 Å². The molecule has 0 bridgehead atoms. The summed E-state index contributed by atoms with van der Waals surface area (Å²) in [7, 11) is 5.10. The largest absolute Gasteiger partial charge is 0.379 e. The van der Waals surface area contributed by atoms with Crippen LogP contribution in [0.1, 0.15) is 0 Å². The van der Waals surface area contributed by atoms with Crippen molar-refractivity contribution in [3.63, 3.8) is 0 Å². The quantitative estimate of drug-likeness (QED) is 0.570. The zero-order chi connectivity index (χ0) is 16.6. The molecule has 2 N–H and O–H groups in total. The van der Waals surface area contributed by atoms with Crippen molar-refractivity contribution in [1.82, 2.24) is 25.3 Å². The fourth-order valence-corrected chi connectivity index (χ4v) is 3.26. The van der Waals surface area contributed by atoms with E-state index in [-0.39, 0.29) is 18.1 Å². The van der Waals surface area contributed by atoms with E-state index in [1.165, 1.54) is 11.9 Å². The van der Waals surface area contributed by atoms with Gasteiger partial charge in [-0.2, -0.15) is 0 Å². The van der Waals surface area contributed by atoms with Crippen molar-refractivity contribution in [2.75, 3.05) is 60.5 Å². The molecular weight excluding hydrogens is 300 g/mol. The van der Waals surface area contributed by atoms with Crippen LogP contribution in [-0.4, -0.2) is 110 Å². The lowest BCUT2D eigenvalue weighted by molar-refractivity contribution is -0.523. The molecule has 0 aromatic rings. The monoisotopic (exact) mass is 325 g/mol. The molecule has 2 saturated heterocycles. The van der Waals surface area contributed by atoms with Crippen molar-refractivity contribution in [3.05, 3.63) is 0 Å². The van der Waals surface area contributed by atoms with Crippen molar-refractivity contribution in [2.45, 2.75) is 12.2 Å². The fraction of sp³-hybridized carbons (Fsp3) is 0.786. The predicted octanol–water partition coefficient (Wildman–Crippen LogP) is -2.27. The summed E-state index contributed by atoms with van der Waals surface area (Å²) < 4.78 is 7.22. The number of nitrogens with one attached hydrogen (secondary N) is 2. The summed E-state index contributed by atoms with van der Waals surface area (Å²) in [5, 5.41) is 6.60. The van der Waals surface area contributed by atoms with Crippen LogP contribution >= 0.6 is 0 Å². The Balaban J connectivity index is 1.61. The van der Waals surface area contributed by atoms with Crippen LogP contribution in [0.3, 0.4) is 0 Å². The maximum atomic E-state index is 12.4. The van der Waals surface area contributed by atoms with Crippen LogP contribution in [0.2, 0.25) is 0 Å². The molecule has 128 valence electrons. The van der Waals surface area contributed by atoms with Crippen LogP contribution in [0, 0.1) is 0 Å². The van der Waals surface area contributed by atoms with Gasteiger partial charge in [-0.3, -0.25) is 34.7 Å². The molecule has 23 heavy (non-hydrogen) atoms. The SMILES string of the molecule is CN1C(=O)[C@H]2[C@@H](NC(NCCN3CCOCC3)=[N+]2C)N(C)C1=O. The topological polar surface area (TPSA) is 80.2 Å². The van der Waals surface area contributed by atoms with Crippen molar-refractivity contribution < 1.29 is 18.9 Å².